The highest BCUT2D eigenvalue weighted by Crippen LogP contribution is 2.32. The Kier molecular flexibility index (Phi) is 11.6. The average molecular weight is 620 g/mol. The first-order valence-corrected chi connectivity index (χ1v) is 15.2. The largest absolute Gasteiger partial charge is 0.493 e. The molecule has 12 heteroatoms. The summed E-state index contributed by atoms with van der Waals surface area (Å²) < 4.78 is 53.2. The number of halogens is 2. The van der Waals surface area contributed by atoms with Gasteiger partial charge in [0.15, 0.2) is 11.5 Å². The lowest BCUT2D eigenvalue weighted by Crippen LogP contribution is -2.52. The number of anilines is 1. The van der Waals surface area contributed by atoms with Crippen LogP contribution in [-0.4, -0.2) is 58.5 Å². The van der Waals surface area contributed by atoms with Gasteiger partial charge in [0.05, 0.1) is 24.8 Å². The first kappa shape index (κ1) is 32.7. The highest BCUT2D eigenvalue weighted by atomic mass is 35.5. The molecule has 0 aliphatic carbocycles. The quantitative estimate of drug-likeness (QED) is 0.272. The van der Waals surface area contributed by atoms with Crippen molar-refractivity contribution in [1.82, 2.24) is 10.2 Å². The summed E-state index contributed by atoms with van der Waals surface area (Å²) in [6.45, 7) is 3.42. The molecule has 0 spiro atoms. The lowest BCUT2D eigenvalue weighted by atomic mass is 10.1. The molecule has 42 heavy (non-hydrogen) atoms. The van der Waals surface area contributed by atoms with Crippen molar-refractivity contribution in [2.24, 2.45) is 0 Å². The topological polar surface area (TPSA) is 105 Å². The smallest absolute Gasteiger partial charge is 0.264 e. The Balaban J connectivity index is 2.08. The molecule has 1 N–H and O–H groups in total. The van der Waals surface area contributed by atoms with E-state index in [-0.39, 0.29) is 35.2 Å². The fraction of sp³-hybridized carbons (Fsp3) is 0.333. The molecule has 0 fully saturated rings. The minimum atomic E-state index is -4.34. The first-order chi connectivity index (χ1) is 20.0. The van der Waals surface area contributed by atoms with Gasteiger partial charge in [-0.2, -0.15) is 0 Å². The third kappa shape index (κ3) is 7.92. The molecule has 0 aliphatic heterocycles. The zero-order valence-corrected chi connectivity index (χ0v) is 25.5. The maximum Gasteiger partial charge on any atom is 0.264 e. The van der Waals surface area contributed by atoms with E-state index in [1.165, 1.54) is 85.8 Å². The maximum absolute atomic E-state index is 14.1. The van der Waals surface area contributed by atoms with Crippen molar-refractivity contribution in [1.29, 1.82) is 0 Å². The Hall–Kier alpha value is -3.83. The number of amides is 2. The Labute approximate surface area is 251 Å². The number of methoxy groups -OCH3 is 2. The molecule has 3 rings (SSSR count). The van der Waals surface area contributed by atoms with E-state index in [0.29, 0.717) is 29.3 Å². The predicted octanol–water partition coefficient (Wildman–Crippen LogP) is 5.03. The van der Waals surface area contributed by atoms with E-state index in [1.807, 2.05) is 6.92 Å². The Morgan fingerprint density at radius 1 is 0.952 bits per heavy atom. The number of hydrogen-bond donors (Lipinski definition) is 1. The minimum Gasteiger partial charge on any atom is -0.493 e. The molecule has 2 amide bonds. The molecule has 0 unspecified atom stereocenters. The van der Waals surface area contributed by atoms with Crippen LogP contribution in [0.1, 0.15) is 32.3 Å². The molecule has 0 saturated heterocycles. The highest BCUT2D eigenvalue weighted by Gasteiger charge is 2.34. The Morgan fingerprint density at radius 3 is 2.17 bits per heavy atom. The number of carbonyl (C=O) groups excluding carboxylic acids is 2. The molecule has 0 aliphatic rings. The molecule has 3 aromatic carbocycles. The van der Waals surface area contributed by atoms with Gasteiger partial charge in [-0.15, -0.1) is 0 Å². The second-order valence-electron chi connectivity index (χ2n) is 9.37. The SMILES string of the molecule is CCCNC(=O)[C@H](CC)N(Cc1ccc(F)cc1)C(=O)CN(c1ccc(Cl)cc1)S(=O)(=O)c1ccc(OC)c(OC)c1. The van der Waals surface area contributed by atoms with E-state index in [4.69, 9.17) is 21.1 Å². The second kappa shape index (κ2) is 14.9. The van der Waals surface area contributed by atoms with Crippen molar-refractivity contribution in [3.63, 3.8) is 0 Å². The number of hydrogen-bond acceptors (Lipinski definition) is 6. The molecule has 0 aromatic heterocycles. The third-order valence-corrected chi connectivity index (χ3v) is 8.56. The van der Waals surface area contributed by atoms with Crippen LogP contribution >= 0.6 is 11.6 Å². The summed E-state index contributed by atoms with van der Waals surface area (Å²) in [4.78, 5) is 28.4. The zero-order chi connectivity index (χ0) is 30.9. The van der Waals surface area contributed by atoms with Crippen molar-refractivity contribution >= 4 is 39.1 Å². The van der Waals surface area contributed by atoms with Gasteiger partial charge in [-0.3, -0.25) is 13.9 Å². The van der Waals surface area contributed by atoms with Gasteiger partial charge in [0.2, 0.25) is 11.8 Å². The molecular weight excluding hydrogens is 585 g/mol. The predicted molar refractivity (Wildman–Crippen MR) is 160 cm³/mol. The monoisotopic (exact) mass is 619 g/mol. The maximum atomic E-state index is 14.1. The molecule has 3 aromatic rings. The number of rotatable bonds is 14. The summed E-state index contributed by atoms with van der Waals surface area (Å²) in [7, 11) is -1.52. The molecular formula is C30H35ClFN3O6S. The molecule has 0 saturated carbocycles. The Bertz CT molecular complexity index is 1470. The summed E-state index contributed by atoms with van der Waals surface area (Å²) in [5.41, 5.74) is 0.764. The van der Waals surface area contributed by atoms with Crippen LogP contribution in [0.2, 0.25) is 5.02 Å². The molecule has 0 radical (unpaired) electrons. The number of ether oxygens (including phenoxy) is 2. The number of sulfonamides is 1. The standard InChI is InChI=1S/C30H35ClFN3O6S/c1-5-17-33-30(37)26(6-2)34(19-21-7-11-23(32)12-8-21)29(36)20-35(24-13-9-22(31)10-14-24)42(38,39)25-15-16-27(40-3)28(18-25)41-4/h7-16,18,26H,5-6,17,19-20H2,1-4H3,(H,33,37)/t26-/m0/s1. The number of nitrogens with zero attached hydrogens (tertiary/aromatic N) is 2. The van der Waals surface area contributed by atoms with Gasteiger partial charge in [-0.25, -0.2) is 12.8 Å². The highest BCUT2D eigenvalue weighted by molar-refractivity contribution is 7.92. The Morgan fingerprint density at radius 2 is 1.60 bits per heavy atom. The summed E-state index contributed by atoms with van der Waals surface area (Å²) in [5, 5.41) is 3.20. The number of nitrogens with one attached hydrogen (secondary N) is 1. The minimum absolute atomic E-state index is 0.0397. The molecule has 9 nitrogen and oxygen atoms in total. The van der Waals surface area contributed by atoms with Crippen molar-refractivity contribution in [3.05, 3.63) is 83.1 Å². The van der Waals surface area contributed by atoms with Crippen LogP contribution in [0.3, 0.4) is 0 Å². The van der Waals surface area contributed by atoms with Gasteiger partial charge >= 0.3 is 0 Å². The van der Waals surface area contributed by atoms with E-state index >= 15 is 0 Å². The number of carbonyl (C=O) groups is 2. The summed E-state index contributed by atoms with van der Waals surface area (Å²) in [6.07, 6.45) is 0.966. The van der Waals surface area contributed by atoms with Gasteiger partial charge in [-0.05, 0) is 66.9 Å². The van der Waals surface area contributed by atoms with Gasteiger partial charge < -0.3 is 19.7 Å². The van der Waals surface area contributed by atoms with E-state index < -0.39 is 34.3 Å². The van der Waals surface area contributed by atoms with Gasteiger partial charge in [0.25, 0.3) is 10.0 Å². The van der Waals surface area contributed by atoms with E-state index in [1.54, 1.807) is 6.92 Å². The molecule has 0 bridgehead atoms. The van der Waals surface area contributed by atoms with Crippen LogP contribution < -0.4 is 19.1 Å². The van der Waals surface area contributed by atoms with Crippen LogP contribution in [-0.2, 0) is 26.2 Å². The summed E-state index contributed by atoms with van der Waals surface area (Å²) >= 11 is 6.07. The molecule has 1 atom stereocenters. The van der Waals surface area contributed by atoms with Crippen LogP contribution in [0.5, 0.6) is 11.5 Å². The summed E-state index contributed by atoms with van der Waals surface area (Å²) in [6, 6.07) is 14.8. The van der Waals surface area contributed by atoms with Crippen LogP contribution in [0.25, 0.3) is 0 Å². The van der Waals surface area contributed by atoms with Crippen molar-refractivity contribution < 1.29 is 31.9 Å². The van der Waals surface area contributed by atoms with Crippen LogP contribution in [0.15, 0.2) is 71.6 Å². The van der Waals surface area contributed by atoms with E-state index in [2.05, 4.69) is 5.32 Å². The molecule has 0 heterocycles. The molecule has 226 valence electrons. The zero-order valence-electron chi connectivity index (χ0n) is 24.0. The third-order valence-electron chi connectivity index (χ3n) is 6.54. The first-order valence-electron chi connectivity index (χ1n) is 13.4. The van der Waals surface area contributed by atoms with Crippen molar-refractivity contribution in [2.75, 3.05) is 31.6 Å². The second-order valence-corrected chi connectivity index (χ2v) is 11.7. The fourth-order valence-corrected chi connectivity index (χ4v) is 5.87. The van der Waals surface area contributed by atoms with Crippen molar-refractivity contribution in [2.45, 2.75) is 44.2 Å². The van der Waals surface area contributed by atoms with Gasteiger partial charge in [0, 0.05) is 24.2 Å². The fourth-order valence-electron chi connectivity index (χ4n) is 4.31. The van der Waals surface area contributed by atoms with E-state index in [0.717, 1.165) is 4.31 Å². The normalized spacial score (nSPS) is 11.9. The van der Waals surface area contributed by atoms with Crippen LogP contribution in [0.4, 0.5) is 10.1 Å². The van der Waals surface area contributed by atoms with Crippen molar-refractivity contribution in [3.8, 4) is 11.5 Å². The lowest BCUT2D eigenvalue weighted by Gasteiger charge is -2.33. The lowest BCUT2D eigenvalue weighted by molar-refractivity contribution is -0.140. The van der Waals surface area contributed by atoms with Crippen LogP contribution in [0, 0.1) is 5.82 Å². The summed E-state index contributed by atoms with van der Waals surface area (Å²) in [5.74, 6) is -0.913. The number of benzene rings is 3. The van der Waals surface area contributed by atoms with Gasteiger partial charge in [-0.1, -0.05) is 37.6 Å². The van der Waals surface area contributed by atoms with Gasteiger partial charge in [0.1, 0.15) is 18.4 Å². The van der Waals surface area contributed by atoms with E-state index in [9.17, 15) is 22.4 Å². The average Bonchev–Trinajstić information content (AvgIpc) is 2.99.